The van der Waals surface area contributed by atoms with Gasteiger partial charge < -0.3 is 9.80 Å². The molecule has 0 radical (unpaired) electrons. The smallest absolute Gasteiger partial charge is 0.249 e. The first-order valence-electron chi connectivity index (χ1n) is 21.6. The van der Waals surface area contributed by atoms with Crippen LogP contribution < -0.4 is 26.2 Å². The topological polar surface area (TPSA) is 6.48 Å². The van der Waals surface area contributed by atoms with Gasteiger partial charge in [0.05, 0.1) is 0 Å². The van der Waals surface area contributed by atoms with Crippen LogP contribution in [0.25, 0.3) is 11.1 Å². The van der Waals surface area contributed by atoms with Gasteiger partial charge in [-0.2, -0.15) is 0 Å². The quantitative estimate of drug-likeness (QED) is 0.148. The summed E-state index contributed by atoms with van der Waals surface area (Å²) in [6.45, 7) is 6.86. The first-order valence-corrected chi connectivity index (χ1v) is 23.3. The van der Waals surface area contributed by atoms with Crippen LogP contribution in [0, 0.1) is 0 Å². The molecular formula is C58H47BN2S. The van der Waals surface area contributed by atoms with E-state index >= 15 is 0 Å². The maximum atomic E-state index is 2.57. The molecule has 4 heteroatoms. The summed E-state index contributed by atoms with van der Waals surface area (Å²) in [4.78, 5) is 10.4. The number of rotatable bonds is 7. The van der Waals surface area contributed by atoms with E-state index in [4.69, 9.17) is 0 Å². The van der Waals surface area contributed by atoms with E-state index in [2.05, 4.69) is 261 Å². The van der Waals surface area contributed by atoms with E-state index in [0.29, 0.717) is 0 Å². The lowest BCUT2D eigenvalue weighted by Crippen LogP contribution is -2.61. The van der Waals surface area contributed by atoms with Crippen LogP contribution in [0.4, 0.5) is 34.1 Å². The Morgan fingerprint density at radius 2 is 0.952 bits per heavy atom. The minimum Gasteiger partial charge on any atom is -0.311 e. The van der Waals surface area contributed by atoms with Gasteiger partial charge in [0.15, 0.2) is 0 Å². The average Bonchev–Trinajstić information content (AvgIpc) is 3.33. The minimum atomic E-state index is -2.02. The number of fused-ring (bicyclic) bond motifs is 4. The van der Waals surface area contributed by atoms with Crippen molar-refractivity contribution in [2.24, 2.45) is 0 Å². The van der Waals surface area contributed by atoms with Crippen molar-refractivity contribution in [3.63, 3.8) is 0 Å². The van der Waals surface area contributed by atoms with Gasteiger partial charge in [0.2, 0.25) is 6.71 Å². The van der Waals surface area contributed by atoms with Crippen molar-refractivity contribution in [1.29, 1.82) is 0 Å². The van der Waals surface area contributed by atoms with Gasteiger partial charge >= 0.3 is 0 Å². The Hall–Kier alpha value is -7.01. The molecular weight excluding hydrogens is 768 g/mol. The molecule has 2 aliphatic rings. The van der Waals surface area contributed by atoms with Gasteiger partial charge in [-0.05, 0) is 135 Å². The molecule has 0 saturated heterocycles. The number of para-hydroxylation sites is 2. The molecule has 9 aromatic carbocycles. The monoisotopic (exact) mass is 814 g/mol. The maximum absolute atomic E-state index is 2.57. The number of benzene rings is 9. The van der Waals surface area contributed by atoms with Gasteiger partial charge in [0.25, 0.3) is 0 Å². The average molecular weight is 815 g/mol. The molecule has 0 fully saturated rings. The summed E-state index contributed by atoms with van der Waals surface area (Å²) in [7, 11) is -2.02. The lowest BCUT2D eigenvalue weighted by Gasteiger charge is -2.51. The number of nitrogens with zero attached hydrogens (tertiary/aromatic N) is 2. The summed E-state index contributed by atoms with van der Waals surface area (Å²) < 4.78 is 0. The van der Waals surface area contributed by atoms with Crippen LogP contribution in [0.5, 0.6) is 0 Å². The molecule has 0 N–H and O–H groups in total. The van der Waals surface area contributed by atoms with Crippen molar-refractivity contribution in [3.8, 4) is 11.1 Å². The van der Waals surface area contributed by atoms with Crippen LogP contribution >= 0.6 is 10.0 Å². The van der Waals surface area contributed by atoms with Crippen LogP contribution in [0.3, 0.4) is 0 Å². The van der Waals surface area contributed by atoms with Crippen molar-refractivity contribution in [2.45, 2.75) is 45.8 Å². The third-order valence-electron chi connectivity index (χ3n) is 12.7. The van der Waals surface area contributed by atoms with E-state index in [1.165, 1.54) is 64.0 Å². The Kier molecular flexibility index (Phi) is 9.28. The fourth-order valence-corrected chi connectivity index (χ4v) is 14.2. The van der Waals surface area contributed by atoms with Gasteiger partial charge in [-0.25, -0.2) is 0 Å². The molecule has 11 rings (SSSR count). The molecule has 0 aromatic heterocycles. The second-order valence-electron chi connectivity index (χ2n) is 17.4. The molecule has 0 saturated carbocycles. The summed E-state index contributed by atoms with van der Waals surface area (Å²) in [6.07, 6.45) is 0. The standard InChI is InChI=1S/C58H47BN2S/c1-58(2,3)44-33-35-47(36-34-44)61-53-38-37-48(60(45-23-11-5-12-24-45)46-25-13-6-14-26-46)41-52(53)59-51-31-19-20-32-55(51)62(49-27-15-7-16-28-49,50-29-17-8-18-30-50)56-40-43(39-54(61)57(56)59)42-21-9-4-10-22-42/h4-41H,1-3H3. The lowest BCUT2D eigenvalue weighted by atomic mass is 9.34. The molecule has 0 atom stereocenters. The predicted octanol–water partition coefficient (Wildman–Crippen LogP) is 14.1. The van der Waals surface area contributed by atoms with Crippen LogP contribution in [-0.2, 0) is 5.41 Å². The Morgan fingerprint density at radius 1 is 0.419 bits per heavy atom. The van der Waals surface area contributed by atoms with E-state index < -0.39 is 10.0 Å². The highest BCUT2D eigenvalue weighted by molar-refractivity contribution is 8.34. The molecule has 0 amide bonds. The Balaban J connectivity index is 1.28. The van der Waals surface area contributed by atoms with Crippen molar-refractivity contribution in [2.75, 3.05) is 9.80 Å². The van der Waals surface area contributed by atoms with Crippen LogP contribution in [-0.4, -0.2) is 6.71 Å². The molecule has 62 heavy (non-hydrogen) atoms. The SMILES string of the molecule is CC(C)(C)c1ccc(N2c3ccc(N(c4ccccc4)c4ccccc4)cc3B3c4ccccc4S(c4ccccc4)(c4ccccc4)c4cc(-c5ccccc5)cc2c43)cc1. The molecule has 2 nitrogen and oxygen atoms in total. The second kappa shape index (κ2) is 15.2. The highest BCUT2D eigenvalue weighted by Gasteiger charge is 2.49. The van der Waals surface area contributed by atoms with Gasteiger partial charge in [0.1, 0.15) is 0 Å². The molecule has 9 aromatic rings. The second-order valence-corrected chi connectivity index (χ2v) is 20.4. The van der Waals surface area contributed by atoms with E-state index in [9.17, 15) is 0 Å². The van der Waals surface area contributed by atoms with Crippen molar-refractivity contribution in [1.82, 2.24) is 0 Å². The highest BCUT2D eigenvalue weighted by Crippen LogP contribution is 2.74. The van der Waals surface area contributed by atoms with Crippen molar-refractivity contribution in [3.05, 3.63) is 236 Å². The molecule has 0 spiro atoms. The number of anilines is 6. The zero-order valence-electron chi connectivity index (χ0n) is 35.3. The van der Waals surface area contributed by atoms with E-state index in [-0.39, 0.29) is 12.1 Å². The van der Waals surface area contributed by atoms with Gasteiger partial charge in [-0.3, -0.25) is 0 Å². The molecule has 0 bridgehead atoms. The van der Waals surface area contributed by atoms with Crippen LogP contribution in [0.15, 0.2) is 250 Å². The number of hydrogen-bond donors (Lipinski definition) is 0. The highest BCUT2D eigenvalue weighted by atomic mass is 32.3. The van der Waals surface area contributed by atoms with Gasteiger partial charge in [-0.1, -0.05) is 160 Å². The largest absolute Gasteiger partial charge is 0.311 e. The molecule has 2 heterocycles. The molecule has 0 aliphatic carbocycles. The third-order valence-corrected chi connectivity index (χ3v) is 16.7. The normalized spacial score (nSPS) is 14.0. The maximum Gasteiger partial charge on any atom is 0.249 e. The molecule has 298 valence electrons. The van der Waals surface area contributed by atoms with Crippen molar-refractivity contribution < 1.29 is 0 Å². The fourth-order valence-electron chi connectivity index (χ4n) is 9.86. The zero-order chi connectivity index (χ0) is 41.8. The third kappa shape index (κ3) is 6.12. The first kappa shape index (κ1) is 38.0. The van der Waals surface area contributed by atoms with Gasteiger partial charge in [0, 0.05) is 48.8 Å². The van der Waals surface area contributed by atoms with Crippen LogP contribution in [0.1, 0.15) is 26.3 Å². The number of hydrogen-bond acceptors (Lipinski definition) is 2. The summed E-state index contributed by atoms with van der Waals surface area (Å²) >= 11 is 0. The van der Waals surface area contributed by atoms with E-state index in [1.54, 1.807) is 0 Å². The summed E-state index contributed by atoms with van der Waals surface area (Å²) in [6, 6.07) is 86.1. The van der Waals surface area contributed by atoms with Crippen molar-refractivity contribution >= 4 is 67.3 Å². The predicted molar refractivity (Wildman–Crippen MR) is 265 cm³/mol. The summed E-state index contributed by atoms with van der Waals surface area (Å²) in [5.74, 6) is 0. The Morgan fingerprint density at radius 3 is 1.53 bits per heavy atom. The van der Waals surface area contributed by atoms with Crippen LogP contribution in [0.2, 0.25) is 0 Å². The molecule has 0 unspecified atom stereocenters. The lowest BCUT2D eigenvalue weighted by molar-refractivity contribution is 0.590. The minimum absolute atomic E-state index is 0.0254. The van der Waals surface area contributed by atoms with E-state index in [0.717, 1.165) is 22.7 Å². The van der Waals surface area contributed by atoms with E-state index in [1.807, 2.05) is 0 Å². The Labute approximate surface area is 368 Å². The summed E-state index contributed by atoms with van der Waals surface area (Å²) in [5, 5.41) is 0. The molecule has 2 aliphatic heterocycles. The Bertz CT molecular complexity index is 2960. The van der Waals surface area contributed by atoms with Gasteiger partial charge in [-0.15, -0.1) is 10.0 Å². The zero-order valence-corrected chi connectivity index (χ0v) is 36.1. The summed E-state index contributed by atoms with van der Waals surface area (Å²) in [5.41, 5.74) is 14.8. The first-order chi connectivity index (χ1) is 30.4. The fraction of sp³-hybridized carbons (Fsp3) is 0.0690.